The Kier molecular flexibility index (Phi) is 2.99. The molecule has 0 saturated heterocycles. The van der Waals surface area contributed by atoms with Crippen molar-refractivity contribution >= 4 is 11.5 Å². The molecule has 7 heteroatoms. The highest BCUT2D eigenvalue weighted by atomic mass is 16.6. The van der Waals surface area contributed by atoms with Gasteiger partial charge in [0.2, 0.25) is 0 Å². The summed E-state index contributed by atoms with van der Waals surface area (Å²) in [5.74, 6) is 1.20. The number of hydrogen-bond donors (Lipinski definition) is 2. The Morgan fingerprint density at radius 1 is 1.53 bits per heavy atom. The van der Waals surface area contributed by atoms with Crippen LogP contribution >= 0.6 is 0 Å². The molecule has 0 atom stereocenters. The van der Waals surface area contributed by atoms with Crippen molar-refractivity contribution in [2.45, 2.75) is 13.5 Å². The maximum Gasteiger partial charge on any atom is 0.277 e. The molecule has 0 radical (unpaired) electrons. The van der Waals surface area contributed by atoms with E-state index in [0.717, 1.165) is 5.82 Å². The van der Waals surface area contributed by atoms with Gasteiger partial charge < -0.3 is 10.3 Å². The Bertz CT molecular complexity index is 523. The minimum atomic E-state index is -0.422. The molecule has 88 valence electrons. The molecule has 0 spiro atoms. The molecule has 0 amide bonds. The predicted octanol–water partition coefficient (Wildman–Crippen LogP) is 1.63. The topological polar surface area (TPSA) is 96.7 Å². The Balaban J connectivity index is 2.11. The van der Waals surface area contributed by atoms with E-state index < -0.39 is 4.92 Å². The molecule has 0 aliphatic carbocycles. The number of aromatic nitrogens is 3. The van der Waals surface area contributed by atoms with Crippen LogP contribution < -0.4 is 5.32 Å². The van der Waals surface area contributed by atoms with Gasteiger partial charge in [0, 0.05) is 24.2 Å². The predicted molar refractivity (Wildman–Crippen MR) is 61.5 cm³/mol. The van der Waals surface area contributed by atoms with Crippen LogP contribution in [0.3, 0.4) is 0 Å². The van der Waals surface area contributed by atoms with Gasteiger partial charge in [0.15, 0.2) is 0 Å². The number of aromatic amines is 1. The van der Waals surface area contributed by atoms with Gasteiger partial charge in [0.25, 0.3) is 5.69 Å². The number of anilines is 1. The summed E-state index contributed by atoms with van der Waals surface area (Å²) in [5, 5.41) is 13.7. The average molecular weight is 233 g/mol. The molecular formula is C10H11N5O2. The van der Waals surface area contributed by atoms with Crippen LogP contribution in [0.4, 0.5) is 11.5 Å². The fourth-order valence-corrected chi connectivity index (χ4v) is 1.38. The van der Waals surface area contributed by atoms with Crippen molar-refractivity contribution in [3.63, 3.8) is 0 Å². The van der Waals surface area contributed by atoms with Crippen molar-refractivity contribution in [3.05, 3.63) is 46.2 Å². The lowest BCUT2D eigenvalue weighted by Crippen LogP contribution is -2.04. The van der Waals surface area contributed by atoms with Crippen LogP contribution in [0.25, 0.3) is 0 Å². The maximum absolute atomic E-state index is 10.7. The highest BCUT2D eigenvalue weighted by Gasteiger charge is 2.11. The van der Waals surface area contributed by atoms with Gasteiger partial charge in [-0.25, -0.2) is 9.97 Å². The molecule has 2 aromatic heterocycles. The number of H-pyrrole nitrogens is 1. The first kappa shape index (κ1) is 11.1. The summed E-state index contributed by atoms with van der Waals surface area (Å²) in [6, 6.07) is 1.41. The molecule has 0 aromatic carbocycles. The van der Waals surface area contributed by atoms with E-state index in [2.05, 4.69) is 20.3 Å². The summed E-state index contributed by atoms with van der Waals surface area (Å²) < 4.78 is 0. The van der Waals surface area contributed by atoms with Crippen molar-refractivity contribution in [1.29, 1.82) is 0 Å². The van der Waals surface area contributed by atoms with Crippen molar-refractivity contribution in [1.82, 2.24) is 15.0 Å². The molecule has 0 aliphatic rings. The second kappa shape index (κ2) is 4.60. The molecule has 0 unspecified atom stereocenters. The number of hydrogen-bond acceptors (Lipinski definition) is 5. The first-order valence-corrected chi connectivity index (χ1v) is 5.00. The van der Waals surface area contributed by atoms with Crippen LogP contribution in [-0.2, 0) is 6.54 Å². The van der Waals surface area contributed by atoms with Crippen LogP contribution in [0.1, 0.15) is 11.4 Å². The molecule has 0 bridgehead atoms. The first-order valence-electron chi connectivity index (χ1n) is 5.00. The van der Waals surface area contributed by atoms with Gasteiger partial charge in [0.05, 0.1) is 17.5 Å². The maximum atomic E-state index is 10.7. The van der Waals surface area contributed by atoms with E-state index in [0.29, 0.717) is 17.9 Å². The highest BCUT2D eigenvalue weighted by molar-refractivity contribution is 5.48. The largest absolute Gasteiger partial charge is 0.363 e. The van der Waals surface area contributed by atoms with Crippen molar-refractivity contribution in [3.8, 4) is 0 Å². The van der Waals surface area contributed by atoms with Gasteiger partial charge in [-0.15, -0.1) is 0 Å². The number of rotatable bonds is 4. The number of pyridine rings is 1. The summed E-state index contributed by atoms with van der Waals surface area (Å²) in [6.45, 7) is 2.10. The number of nitrogens with one attached hydrogen (secondary N) is 2. The van der Waals surface area contributed by atoms with Crippen LogP contribution in [0.15, 0.2) is 24.7 Å². The summed E-state index contributed by atoms with van der Waals surface area (Å²) in [7, 11) is 0. The third-order valence-electron chi connectivity index (χ3n) is 2.26. The normalized spacial score (nSPS) is 10.2. The van der Waals surface area contributed by atoms with Crippen LogP contribution in [0, 0.1) is 17.0 Å². The SMILES string of the molecule is Cc1cnc(NCc2ncc[nH]2)cc1[N+](=O)[O-]. The van der Waals surface area contributed by atoms with E-state index in [-0.39, 0.29) is 5.69 Å². The van der Waals surface area contributed by atoms with Gasteiger partial charge in [0.1, 0.15) is 11.6 Å². The smallest absolute Gasteiger partial charge is 0.277 e. The van der Waals surface area contributed by atoms with E-state index >= 15 is 0 Å². The van der Waals surface area contributed by atoms with E-state index in [1.165, 1.54) is 12.3 Å². The summed E-state index contributed by atoms with van der Waals surface area (Å²) >= 11 is 0. The quantitative estimate of drug-likeness (QED) is 0.618. The fraction of sp³-hybridized carbons (Fsp3) is 0.200. The lowest BCUT2D eigenvalue weighted by Gasteiger charge is -2.04. The minimum Gasteiger partial charge on any atom is -0.363 e. The molecule has 0 saturated carbocycles. The molecule has 17 heavy (non-hydrogen) atoms. The average Bonchev–Trinajstić information content (AvgIpc) is 2.80. The number of nitrogens with zero attached hydrogens (tertiary/aromatic N) is 3. The van der Waals surface area contributed by atoms with Crippen LogP contribution in [-0.4, -0.2) is 19.9 Å². The lowest BCUT2D eigenvalue weighted by molar-refractivity contribution is -0.385. The molecule has 0 fully saturated rings. The molecule has 2 N–H and O–H groups in total. The van der Waals surface area contributed by atoms with E-state index in [1.807, 2.05) is 0 Å². The van der Waals surface area contributed by atoms with Crippen molar-refractivity contribution < 1.29 is 4.92 Å². The van der Waals surface area contributed by atoms with Gasteiger partial charge in [-0.1, -0.05) is 0 Å². The van der Waals surface area contributed by atoms with E-state index in [9.17, 15) is 10.1 Å². The third kappa shape index (κ3) is 2.57. The Morgan fingerprint density at radius 2 is 2.35 bits per heavy atom. The Hall–Kier alpha value is -2.44. The lowest BCUT2D eigenvalue weighted by atomic mass is 10.2. The molecule has 2 heterocycles. The Labute approximate surface area is 97.1 Å². The van der Waals surface area contributed by atoms with E-state index in [1.54, 1.807) is 19.3 Å². The zero-order chi connectivity index (χ0) is 12.3. The molecule has 7 nitrogen and oxygen atoms in total. The monoisotopic (exact) mass is 233 g/mol. The first-order chi connectivity index (χ1) is 8.16. The molecule has 2 rings (SSSR count). The summed E-state index contributed by atoms with van der Waals surface area (Å²) in [6.07, 6.45) is 4.83. The zero-order valence-corrected chi connectivity index (χ0v) is 9.17. The molecule has 2 aromatic rings. The van der Waals surface area contributed by atoms with Gasteiger partial charge in [-0.2, -0.15) is 0 Å². The standard InChI is InChI=1S/C10H11N5O2/c1-7-5-13-9(4-8(7)15(16)17)14-6-10-11-2-3-12-10/h2-5H,6H2,1H3,(H,11,12)(H,13,14). The minimum absolute atomic E-state index is 0.0574. The van der Waals surface area contributed by atoms with Crippen molar-refractivity contribution in [2.75, 3.05) is 5.32 Å². The second-order valence-corrected chi connectivity index (χ2v) is 3.50. The van der Waals surface area contributed by atoms with Crippen LogP contribution in [0.2, 0.25) is 0 Å². The number of aryl methyl sites for hydroxylation is 1. The molecule has 0 aliphatic heterocycles. The Morgan fingerprint density at radius 3 is 3.00 bits per heavy atom. The van der Waals surface area contributed by atoms with E-state index in [4.69, 9.17) is 0 Å². The number of nitro groups is 1. The summed E-state index contributed by atoms with van der Waals surface area (Å²) in [4.78, 5) is 21.3. The summed E-state index contributed by atoms with van der Waals surface area (Å²) in [5.41, 5.74) is 0.598. The zero-order valence-electron chi connectivity index (χ0n) is 9.17. The van der Waals surface area contributed by atoms with Crippen LogP contribution in [0.5, 0.6) is 0 Å². The van der Waals surface area contributed by atoms with Crippen molar-refractivity contribution in [2.24, 2.45) is 0 Å². The van der Waals surface area contributed by atoms with Gasteiger partial charge >= 0.3 is 0 Å². The fourth-order valence-electron chi connectivity index (χ4n) is 1.38. The molecular weight excluding hydrogens is 222 g/mol. The van der Waals surface area contributed by atoms with Gasteiger partial charge in [-0.3, -0.25) is 10.1 Å². The second-order valence-electron chi connectivity index (χ2n) is 3.50. The number of imidazole rings is 1. The highest BCUT2D eigenvalue weighted by Crippen LogP contribution is 2.19. The van der Waals surface area contributed by atoms with Gasteiger partial charge in [-0.05, 0) is 6.92 Å². The third-order valence-corrected chi connectivity index (χ3v) is 2.26.